The maximum Gasteiger partial charge on any atom is 0.243 e. The normalized spacial score (nSPS) is 10.2. The van der Waals surface area contributed by atoms with Crippen molar-refractivity contribution in [2.75, 3.05) is 17.2 Å². The molecule has 0 spiro atoms. The third kappa shape index (κ3) is 3.84. The average Bonchev–Trinajstić information content (AvgIpc) is 2.42. The highest BCUT2D eigenvalue weighted by Gasteiger charge is 2.04. The monoisotopic (exact) mass is 332 g/mol. The van der Waals surface area contributed by atoms with Crippen LogP contribution < -0.4 is 10.6 Å². The summed E-state index contributed by atoms with van der Waals surface area (Å²) in [6, 6.07) is 13.7. The van der Waals surface area contributed by atoms with Gasteiger partial charge >= 0.3 is 0 Å². The van der Waals surface area contributed by atoms with Gasteiger partial charge in [-0.1, -0.05) is 34.1 Å². The molecule has 2 rings (SSSR count). The molecule has 0 saturated carbocycles. The molecule has 0 aliphatic carbocycles. The molecule has 104 valence electrons. The van der Waals surface area contributed by atoms with Crippen molar-refractivity contribution in [2.24, 2.45) is 0 Å². The number of aryl methyl sites for hydroxylation is 2. The van der Waals surface area contributed by atoms with Gasteiger partial charge in [-0.15, -0.1) is 0 Å². The van der Waals surface area contributed by atoms with Crippen LogP contribution in [0.4, 0.5) is 11.4 Å². The molecule has 0 bridgehead atoms. The maximum atomic E-state index is 11.9. The molecule has 0 unspecified atom stereocenters. The molecule has 0 saturated heterocycles. The standard InChI is InChI=1S/C16H17BrN2O/c1-11-5-3-4-6-15(11)18-10-16(20)19-13-7-8-14(17)12(2)9-13/h3-9,18H,10H2,1-2H3,(H,19,20). The van der Waals surface area contributed by atoms with Gasteiger partial charge in [-0.2, -0.15) is 0 Å². The van der Waals surface area contributed by atoms with Crippen LogP contribution in [0.2, 0.25) is 0 Å². The first kappa shape index (κ1) is 14.6. The first-order valence-corrected chi connectivity index (χ1v) is 7.21. The van der Waals surface area contributed by atoms with Crippen LogP contribution in [-0.2, 0) is 4.79 Å². The van der Waals surface area contributed by atoms with Crippen LogP contribution in [0.3, 0.4) is 0 Å². The number of amides is 1. The number of halogens is 1. The fraction of sp³-hybridized carbons (Fsp3) is 0.188. The summed E-state index contributed by atoms with van der Waals surface area (Å²) in [5.41, 5.74) is 4.01. The predicted octanol–water partition coefficient (Wildman–Crippen LogP) is 4.12. The number of carbonyl (C=O) groups is 1. The summed E-state index contributed by atoms with van der Waals surface area (Å²) in [6.45, 7) is 4.25. The van der Waals surface area contributed by atoms with Gasteiger partial charge in [0, 0.05) is 15.8 Å². The van der Waals surface area contributed by atoms with E-state index in [-0.39, 0.29) is 12.5 Å². The number of hydrogen-bond acceptors (Lipinski definition) is 2. The fourth-order valence-electron chi connectivity index (χ4n) is 1.87. The first-order valence-electron chi connectivity index (χ1n) is 6.42. The van der Waals surface area contributed by atoms with Gasteiger partial charge < -0.3 is 10.6 Å². The van der Waals surface area contributed by atoms with Crippen LogP contribution in [0.25, 0.3) is 0 Å². The molecule has 2 aromatic carbocycles. The van der Waals surface area contributed by atoms with Crippen LogP contribution in [0.15, 0.2) is 46.9 Å². The van der Waals surface area contributed by atoms with Crippen molar-refractivity contribution in [1.82, 2.24) is 0 Å². The number of hydrogen-bond donors (Lipinski definition) is 2. The Morgan fingerprint density at radius 2 is 1.85 bits per heavy atom. The van der Waals surface area contributed by atoms with E-state index >= 15 is 0 Å². The Morgan fingerprint density at radius 1 is 1.10 bits per heavy atom. The van der Waals surface area contributed by atoms with E-state index in [1.54, 1.807) is 0 Å². The second kappa shape index (κ2) is 6.57. The minimum Gasteiger partial charge on any atom is -0.376 e. The number of rotatable bonds is 4. The van der Waals surface area contributed by atoms with E-state index in [4.69, 9.17) is 0 Å². The minimum absolute atomic E-state index is 0.0602. The number of carbonyl (C=O) groups excluding carboxylic acids is 1. The predicted molar refractivity (Wildman–Crippen MR) is 87.2 cm³/mol. The van der Waals surface area contributed by atoms with Crippen molar-refractivity contribution < 1.29 is 4.79 Å². The fourth-order valence-corrected chi connectivity index (χ4v) is 2.12. The molecule has 0 aliphatic heterocycles. The van der Waals surface area contributed by atoms with E-state index in [0.29, 0.717) is 0 Å². The molecule has 20 heavy (non-hydrogen) atoms. The van der Waals surface area contributed by atoms with Crippen LogP contribution in [0.5, 0.6) is 0 Å². The Hall–Kier alpha value is -1.81. The third-order valence-corrected chi connectivity index (χ3v) is 3.92. The lowest BCUT2D eigenvalue weighted by Gasteiger charge is -2.10. The third-order valence-electron chi connectivity index (χ3n) is 3.03. The molecule has 4 heteroatoms. The molecule has 1 amide bonds. The zero-order valence-electron chi connectivity index (χ0n) is 11.5. The van der Waals surface area contributed by atoms with Crippen molar-refractivity contribution in [3.8, 4) is 0 Å². The Kier molecular flexibility index (Phi) is 4.79. The molecular weight excluding hydrogens is 316 g/mol. The van der Waals surface area contributed by atoms with Crippen LogP contribution in [0, 0.1) is 13.8 Å². The van der Waals surface area contributed by atoms with Crippen molar-refractivity contribution in [3.05, 3.63) is 58.1 Å². The summed E-state index contributed by atoms with van der Waals surface area (Å²) >= 11 is 3.44. The molecule has 0 aliphatic rings. The summed E-state index contributed by atoms with van der Waals surface area (Å²) in [5.74, 6) is -0.0602. The maximum absolute atomic E-state index is 11.9. The summed E-state index contributed by atoms with van der Waals surface area (Å²) in [4.78, 5) is 11.9. The Morgan fingerprint density at radius 3 is 2.55 bits per heavy atom. The quantitative estimate of drug-likeness (QED) is 0.884. The largest absolute Gasteiger partial charge is 0.376 e. The minimum atomic E-state index is -0.0602. The Balaban J connectivity index is 1.93. The summed E-state index contributed by atoms with van der Waals surface area (Å²) in [6.07, 6.45) is 0. The summed E-state index contributed by atoms with van der Waals surface area (Å²) < 4.78 is 1.04. The second-order valence-electron chi connectivity index (χ2n) is 4.68. The van der Waals surface area contributed by atoms with E-state index in [0.717, 1.165) is 27.0 Å². The van der Waals surface area contributed by atoms with Gasteiger partial charge in [-0.3, -0.25) is 4.79 Å². The van der Waals surface area contributed by atoms with E-state index in [9.17, 15) is 4.79 Å². The SMILES string of the molecule is Cc1cc(NC(=O)CNc2ccccc2C)ccc1Br. The van der Waals surface area contributed by atoms with Crippen LogP contribution >= 0.6 is 15.9 Å². The zero-order valence-corrected chi connectivity index (χ0v) is 13.1. The van der Waals surface area contributed by atoms with Gasteiger partial charge in [0.05, 0.1) is 6.54 Å². The Labute approximate surface area is 127 Å². The first-order chi connectivity index (χ1) is 9.56. The van der Waals surface area contributed by atoms with Gasteiger partial charge in [0.15, 0.2) is 0 Å². The molecule has 2 aromatic rings. The highest BCUT2D eigenvalue weighted by atomic mass is 79.9. The number of para-hydroxylation sites is 1. The van der Waals surface area contributed by atoms with Gasteiger partial charge in [0.1, 0.15) is 0 Å². The molecular formula is C16H17BrN2O. The van der Waals surface area contributed by atoms with E-state index in [1.165, 1.54) is 0 Å². The number of benzene rings is 2. The van der Waals surface area contributed by atoms with Gasteiger partial charge in [0.2, 0.25) is 5.91 Å². The summed E-state index contributed by atoms with van der Waals surface area (Å²) in [5, 5.41) is 6.02. The molecule has 0 radical (unpaired) electrons. The van der Waals surface area contributed by atoms with E-state index in [1.807, 2.05) is 56.3 Å². The lowest BCUT2D eigenvalue weighted by atomic mass is 10.2. The van der Waals surface area contributed by atoms with Crippen molar-refractivity contribution in [1.29, 1.82) is 0 Å². The Bertz CT molecular complexity index is 626. The van der Waals surface area contributed by atoms with Crippen molar-refractivity contribution in [3.63, 3.8) is 0 Å². The number of nitrogens with one attached hydrogen (secondary N) is 2. The second-order valence-corrected chi connectivity index (χ2v) is 5.53. The lowest BCUT2D eigenvalue weighted by molar-refractivity contribution is -0.114. The zero-order chi connectivity index (χ0) is 14.5. The van der Waals surface area contributed by atoms with E-state index in [2.05, 4.69) is 26.6 Å². The molecule has 0 atom stereocenters. The number of anilines is 2. The van der Waals surface area contributed by atoms with Gasteiger partial charge in [-0.05, 0) is 49.2 Å². The molecule has 0 fully saturated rings. The molecule has 0 heterocycles. The summed E-state index contributed by atoms with van der Waals surface area (Å²) in [7, 11) is 0. The lowest BCUT2D eigenvalue weighted by Crippen LogP contribution is -2.22. The topological polar surface area (TPSA) is 41.1 Å². The highest BCUT2D eigenvalue weighted by molar-refractivity contribution is 9.10. The smallest absolute Gasteiger partial charge is 0.243 e. The average molecular weight is 333 g/mol. The van der Waals surface area contributed by atoms with Gasteiger partial charge in [-0.25, -0.2) is 0 Å². The van der Waals surface area contributed by atoms with E-state index < -0.39 is 0 Å². The molecule has 0 aromatic heterocycles. The van der Waals surface area contributed by atoms with Crippen LogP contribution in [-0.4, -0.2) is 12.5 Å². The van der Waals surface area contributed by atoms with Crippen molar-refractivity contribution >= 4 is 33.2 Å². The molecule has 2 N–H and O–H groups in total. The van der Waals surface area contributed by atoms with Gasteiger partial charge in [0.25, 0.3) is 0 Å². The highest BCUT2D eigenvalue weighted by Crippen LogP contribution is 2.20. The van der Waals surface area contributed by atoms with Crippen LogP contribution in [0.1, 0.15) is 11.1 Å². The van der Waals surface area contributed by atoms with Crippen molar-refractivity contribution in [2.45, 2.75) is 13.8 Å². The molecule has 3 nitrogen and oxygen atoms in total.